The number of nitrogens with zero attached hydrogens (tertiary/aromatic N) is 1. The molecular formula is C136H125NSi4. The van der Waals surface area contributed by atoms with Gasteiger partial charge in [0.05, 0.1) is 6.57 Å². The highest BCUT2D eigenvalue weighted by molar-refractivity contribution is 6.91. The Hall–Kier alpha value is -14.0. The summed E-state index contributed by atoms with van der Waals surface area (Å²) in [5, 5.41) is 39.5. The van der Waals surface area contributed by atoms with Crippen LogP contribution < -0.4 is 0 Å². The van der Waals surface area contributed by atoms with Gasteiger partial charge in [-0.3, -0.25) is 0 Å². The van der Waals surface area contributed by atoms with Gasteiger partial charge in [-0.25, -0.2) is 4.85 Å². The molecule has 0 saturated carbocycles. The molecule has 0 fully saturated rings. The van der Waals surface area contributed by atoms with Crippen molar-refractivity contribution in [3.05, 3.63) is 393 Å². The van der Waals surface area contributed by atoms with Gasteiger partial charge >= 0.3 is 0 Å². The van der Waals surface area contributed by atoms with Crippen molar-refractivity contribution < 1.29 is 0 Å². The standard InChI is InChI=1S/2C32H34Si.C26H22Si.C24H22Si.C22H13N/c1-21(2)33(22(3)4,23(5)6)17-16-24-10-11-26-20-32-27(19-28(26)18-24)13-15-30-29-9-7-8-25(29)12-14-31(30)32;1-21(2)33(22(3)4,23(5)6)16-15-24-17-27-11-13-30-29(31(27)18-24)14-12-28-19-25-9-7-8-10-26(25)20-32(28)30;1-27(2)14-4-5-18-8-9-20-17-26-21(16-22(20)15-18)11-13-24-23-7-3-6-19(23)10-12-25(24)26;1-25(2)15-16-6-7-18-14-24-19(13-20(18)12-16)9-11-22-21-5-3-4-17(21)8-10-23(22)24;1-23-18-8-5-15-13-22-16(11-17(15)12-18)7-10-20-19-4-2-3-14(19)6-9-21(20)22/h7,9-15,18-23H,8H2,1-6H3;7-14,18-23H,17H2,1-6H3;3,7-13,15-17,27H,6,14H2,1-2H3;3,5-14,25H,4,15H2,1-2H3;2,4-13H,3H2. The molecule has 0 radical (unpaired) electrons. The molecule has 0 atom stereocenters. The second kappa shape index (κ2) is 38.6. The Morgan fingerprint density at radius 2 is 0.589 bits per heavy atom. The number of rotatable bonds is 9. The molecule has 5 aliphatic carbocycles. The third kappa shape index (κ3) is 17.7. The summed E-state index contributed by atoms with van der Waals surface area (Å²) in [5.74, 6) is 14.1. The van der Waals surface area contributed by atoms with Crippen molar-refractivity contribution >= 4 is 231 Å². The molecule has 0 N–H and O–H groups in total. The van der Waals surface area contributed by atoms with Gasteiger partial charge in [-0.2, -0.15) is 0 Å². The molecule has 5 aliphatic rings. The van der Waals surface area contributed by atoms with Gasteiger partial charge in [0, 0.05) is 46.8 Å². The van der Waals surface area contributed by atoms with Gasteiger partial charge < -0.3 is 0 Å². The van der Waals surface area contributed by atoms with Crippen LogP contribution in [0.3, 0.4) is 0 Å². The Morgan fingerprint density at radius 1 is 0.277 bits per heavy atom. The molecule has 141 heavy (non-hydrogen) atoms. The van der Waals surface area contributed by atoms with Crippen LogP contribution in [0.5, 0.6) is 0 Å². The highest BCUT2D eigenvalue weighted by Crippen LogP contribution is 2.47. The van der Waals surface area contributed by atoms with E-state index in [1.165, 1.54) is 229 Å². The molecule has 0 aliphatic heterocycles. The Bertz CT molecular complexity index is 8980. The van der Waals surface area contributed by atoms with E-state index in [-0.39, 0.29) is 0 Å². The molecule has 0 amide bonds. The summed E-state index contributed by atoms with van der Waals surface area (Å²) in [5.41, 5.74) is 31.6. The Morgan fingerprint density at radius 3 is 0.965 bits per heavy atom. The minimum atomic E-state index is -1.73. The maximum atomic E-state index is 7.18. The Kier molecular flexibility index (Phi) is 25.5. The van der Waals surface area contributed by atoms with Gasteiger partial charge in [0.15, 0.2) is 5.69 Å². The van der Waals surface area contributed by atoms with Gasteiger partial charge in [0.2, 0.25) is 0 Å². The lowest BCUT2D eigenvalue weighted by Gasteiger charge is -2.38. The molecule has 20 aromatic carbocycles. The van der Waals surface area contributed by atoms with Crippen LogP contribution in [0.15, 0.2) is 309 Å². The fraction of sp³-hybridized carbons (Fsp3) is 0.213. The summed E-state index contributed by atoms with van der Waals surface area (Å²) in [6, 6.07) is 106. The van der Waals surface area contributed by atoms with Crippen LogP contribution in [-0.2, 0) is 38.1 Å². The summed E-state index contributed by atoms with van der Waals surface area (Å²) in [4.78, 5) is 3.53. The van der Waals surface area contributed by atoms with Crippen LogP contribution in [0.1, 0.15) is 155 Å². The van der Waals surface area contributed by atoms with E-state index < -0.39 is 33.7 Å². The zero-order valence-corrected chi connectivity index (χ0v) is 89.1. The van der Waals surface area contributed by atoms with E-state index in [0.29, 0.717) is 38.9 Å². The summed E-state index contributed by atoms with van der Waals surface area (Å²) in [7, 11) is -4.62. The van der Waals surface area contributed by atoms with Gasteiger partial charge in [0.25, 0.3) is 0 Å². The highest BCUT2D eigenvalue weighted by Gasteiger charge is 2.43. The maximum Gasteiger partial charge on any atom is 0.187 e. The summed E-state index contributed by atoms with van der Waals surface area (Å²) in [6.07, 6.45) is 25.7. The molecule has 690 valence electrons. The summed E-state index contributed by atoms with van der Waals surface area (Å²) in [6.45, 7) is 45.3. The van der Waals surface area contributed by atoms with Crippen molar-refractivity contribution in [2.24, 2.45) is 0 Å². The second-order valence-corrected chi connectivity index (χ2v) is 60.8. The van der Waals surface area contributed by atoms with Crippen LogP contribution in [0.2, 0.25) is 65.5 Å². The third-order valence-corrected chi connectivity index (χ3v) is 46.7. The molecule has 0 unspecified atom stereocenters. The number of hydrogen-bond acceptors (Lipinski definition) is 0. The van der Waals surface area contributed by atoms with Crippen molar-refractivity contribution in [3.63, 3.8) is 0 Å². The van der Waals surface area contributed by atoms with E-state index in [1.54, 1.807) is 0 Å². The maximum absolute atomic E-state index is 7.18. The number of allylic oxidation sites excluding steroid dienone is 5. The number of benzene rings is 20. The van der Waals surface area contributed by atoms with E-state index in [1.807, 2.05) is 18.2 Å². The van der Waals surface area contributed by atoms with Gasteiger partial charge in [-0.1, -0.05) is 369 Å². The average molecular weight is 1890 g/mol. The topological polar surface area (TPSA) is 4.36 Å². The van der Waals surface area contributed by atoms with Crippen molar-refractivity contribution in [3.8, 4) is 34.8 Å². The molecule has 0 bridgehead atoms. The van der Waals surface area contributed by atoms with E-state index in [4.69, 9.17) is 6.57 Å². The lowest BCUT2D eigenvalue weighted by atomic mass is 9.94. The SMILES string of the molecule is CC(C)[Si](C#CC1=Cc2c(ccc3c2ccc2cc4ccccc4cc23)C1)(C(C)C)C(C)C.CC(C)[Si](C#Cc1ccc2cc3c(ccc4c5c(ccc43)CC=C5)cc2c1)(C(C)C)C(C)C.C[SiH](C)CC#Cc1ccc2cc3c(ccc4c5c(ccc43)CC=C5)cc2c1.C[SiH](C)Cc1ccc2cc3c(ccc4c5c(ccc43)CC=C5)cc2c1.[C-]#[N+]c1ccc2cc3c(ccc4c5c(ccc43)CC=C5)cc2c1. The zero-order valence-electron chi connectivity index (χ0n) is 84.8. The van der Waals surface area contributed by atoms with Crippen molar-refractivity contribution in [1.82, 2.24) is 0 Å². The molecular weight excluding hydrogens is 1760 g/mol. The molecule has 0 saturated heterocycles. The van der Waals surface area contributed by atoms with Crippen LogP contribution in [0.25, 0.3) is 197 Å². The van der Waals surface area contributed by atoms with E-state index in [9.17, 15) is 0 Å². The largest absolute Gasteiger partial charge is 0.238 e. The quantitative estimate of drug-likeness (QED) is 0.0446. The first kappa shape index (κ1) is 93.3. The van der Waals surface area contributed by atoms with Crippen LogP contribution in [-0.4, -0.2) is 33.7 Å². The first-order valence-corrected chi connectivity index (χ1v) is 62.4. The summed E-state index contributed by atoms with van der Waals surface area (Å²) >= 11 is 0. The predicted molar refractivity (Wildman–Crippen MR) is 634 cm³/mol. The normalized spacial score (nSPS) is 13.3. The highest BCUT2D eigenvalue weighted by atomic mass is 28.3. The second-order valence-electron chi connectivity index (χ2n) is 43.2. The number of fused-ring (bicyclic) bond motifs is 30. The van der Waals surface area contributed by atoms with E-state index in [2.05, 4.69) is 464 Å². The Balaban J connectivity index is 0.000000105. The predicted octanol–water partition coefficient (Wildman–Crippen LogP) is 37.7. The molecule has 5 heteroatoms. The van der Waals surface area contributed by atoms with Gasteiger partial charge in [-0.05, 0) is 379 Å². The fourth-order valence-electron chi connectivity index (χ4n) is 24.7. The van der Waals surface area contributed by atoms with E-state index in [0.717, 1.165) is 54.7 Å². The minimum absolute atomic E-state index is 0.575. The van der Waals surface area contributed by atoms with E-state index >= 15 is 0 Å². The van der Waals surface area contributed by atoms with Gasteiger partial charge in [0.1, 0.15) is 16.1 Å². The Labute approximate surface area is 839 Å². The van der Waals surface area contributed by atoms with Gasteiger partial charge in [-0.15, -0.1) is 17.0 Å². The monoisotopic (exact) mass is 1880 g/mol. The molecule has 20 aromatic rings. The first-order chi connectivity index (χ1) is 68.3. The lowest BCUT2D eigenvalue weighted by Crippen LogP contribution is -2.43. The van der Waals surface area contributed by atoms with Crippen LogP contribution >= 0.6 is 0 Å². The third-order valence-electron chi connectivity index (χ3n) is 31.8. The average Bonchev–Trinajstić information content (AvgIpc) is 1.77. The van der Waals surface area contributed by atoms with Crippen molar-refractivity contribution in [2.45, 2.75) is 187 Å². The van der Waals surface area contributed by atoms with Crippen LogP contribution in [0.4, 0.5) is 5.69 Å². The summed E-state index contributed by atoms with van der Waals surface area (Å²) < 4.78 is 0. The molecule has 1 nitrogen and oxygen atoms in total. The zero-order chi connectivity index (χ0) is 97.4. The first-order valence-electron chi connectivity index (χ1n) is 51.7. The fourth-order valence-corrected chi connectivity index (χ4v) is 36.9. The molecule has 0 spiro atoms. The molecule has 0 heterocycles. The minimum Gasteiger partial charge on any atom is -0.238 e. The molecule has 0 aromatic heterocycles. The number of hydrogen-bond donors (Lipinski definition) is 0. The smallest absolute Gasteiger partial charge is 0.187 e. The van der Waals surface area contributed by atoms with Crippen molar-refractivity contribution in [1.29, 1.82) is 0 Å². The van der Waals surface area contributed by atoms with Crippen LogP contribution in [0, 0.1) is 41.3 Å². The van der Waals surface area contributed by atoms with Crippen molar-refractivity contribution in [2.75, 3.05) is 0 Å². The lowest BCUT2D eigenvalue weighted by molar-refractivity contribution is 0.838. The molecule has 25 rings (SSSR count).